The summed E-state index contributed by atoms with van der Waals surface area (Å²) < 4.78 is 5.67. The van der Waals surface area contributed by atoms with Crippen LogP contribution in [0.5, 0.6) is 0 Å². The molecule has 0 aliphatic carbocycles. The van der Waals surface area contributed by atoms with E-state index >= 15 is 0 Å². The van der Waals surface area contributed by atoms with Crippen molar-refractivity contribution < 1.29 is 14.3 Å². The number of amides is 2. The summed E-state index contributed by atoms with van der Waals surface area (Å²) in [5.74, 6) is -0.400. The number of hydrogen-bond acceptors (Lipinski definition) is 5. The van der Waals surface area contributed by atoms with Gasteiger partial charge in [-0.15, -0.1) is 11.3 Å². The van der Waals surface area contributed by atoms with Crippen molar-refractivity contribution in [3.63, 3.8) is 0 Å². The Balaban J connectivity index is 1.72. The molecule has 1 N–H and O–H groups in total. The van der Waals surface area contributed by atoms with Gasteiger partial charge in [-0.2, -0.15) is 0 Å². The van der Waals surface area contributed by atoms with Gasteiger partial charge < -0.3 is 15.0 Å². The third-order valence-corrected chi connectivity index (χ3v) is 5.19. The Labute approximate surface area is 157 Å². The fourth-order valence-electron chi connectivity index (χ4n) is 2.98. The van der Waals surface area contributed by atoms with Crippen molar-refractivity contribution in [2.75, 3.05) is 25.0 Å². The minimum absolute atomic E-state index is 0.0159. The summed E-state index contributed by atoms with van der Waals surface area (Å²) >= 11 is 1.37. The largest absolute Gasteiger partial charge is 0.376 e. The molecule has 26 heavy (non-hydrogen) atoms. The van der Waals surface area contributed by atoms with Gasteiger partial charge in [-0.05, 0) is 38.3 Å². The summed E-state index contributed by atoms with van der Waals surface area (Å²) in [6.07, 6.45) is 1.88. The number of hydrogen-bond donors (Lipinski definition) is 1. The molecule has 1 aliphatic heterocycles. The van der Waals surface area contributed by atoms with Crippen molar-refractivity contribution in [3.8, 4) is 0 Å². The maximum absolute atomic E-state index is 13.0. The third kappa shape index (κ3) is 4.68. The average molecular weight is 373 g/mol. The number of benzene rings is 1. The molecule has 3 rings (SSSR count). The van der Waals surface area contributed by atoms with Crippen LogP contribution in [0.2, 0.25) is 0 Å². The zero-order chi connectivity index (χ0) is 18.5. The van der Waals surface area contributed by atoms with Gasteiger partial charge in [0, 0.05) is 24.1 Å². The number of aryl methyl sites for hydroxylation is 2. The van der Waals surface area contributed by atoms with E-state index in [9.17, 15) is 9.59 Å². The molecule has 0 spiro atoms. The van der Waals surface area contributed by atoms with E-state index in [0.717, 1.165) is 24.1 Å². The first-order valence-electron chi connectivity index (χ1n) is 8.71. The molecule has 1 aliphatic rings. The highest BCUT2D eigenvalue weighted by Crippen LogP contribution is 2.18. The number of rotatable bonds is 6. The predicted octanol–water partition coefficient (Wildman–Crippen LogP) is 3.02. The van der Waals surface area contributed by atoms with Crippen molar-refractivity contribution in [2.24, 2.45) is 0 Å². The molecule has 2 aromatic rings. The second kappa shape index (κ2) is 8.42. The first-order chi connectivity index (χ1) is 12.5. The monoisotopic (exact) mass is 373 g/mol. The average Bonchev–Trinajstić information content (AvgIpc) is 3.26. The lowest BCUT2D eigenvalue weighted by atomic mass is 10.1. The highest BCUT2D eigenvalue weighted by atomic mass is 32.1. The molecular weight excluding hydrogens is 350 g/mol. The third-order valence-electron chi connectivity index (χ3n) is 4.31. The molecule has 1 aromatic heterocycles. The van der Waals surface area contributed by atoms with E-state index in [1.807, 2.05) is 37.4 Å². The Morgan fingerprint density at radius 1 is 1.35 bits per heavy atom. The van der Waals surface area contributed by atoms with Crippen LogP contribution in [0.1, 0.15) is 34.5 Å². The number of anilines is 1. The molecule has 1 saturated heterocycles. The number of nitrogens with one attached hydrogen (secondary N) is 1. The minimum Gasteiger partial charge on any atom is -0.376 e. The lowest BCUT2D eigenvalue weighted by molar-refractivity contribution is -0.117. The molecule has 2 amide bonds. The summed E-state index contributed by atoms with van der Waals surface area (Å²) in [5.41, 5.74) is 2.37. The Morgan fingerprint density at radius 2 is 2.15 bits per heavy atom. The van der Waals surface area contributed by atoms with Gasteiger partial charge in [-0.25, -0.2) is 4.98 Å². The first kappa shape index (κ1) is 18.5. The van der Waals surface area contributed by atoms with Crippen molar-refractivity contribution in [3.05, 3.63) is 46.5 Å². The molecule has 1 atom stereocenters. The van der Waals surface area contributed by atoms with Crippen molar-refractivity contribution in [2.45, 2.75) is 32.8 Å². The van der Waals surface area contributed by atoms with Gasteiger partial charge in [0.15, 0.2) is 5.13 Å². The van der Waals surface area contributed by atoms with Crippen LogP contribution in [0.3, 0.4) is 0 Å². The second-order valence-corrected chi connectivity index (χ2v) is 7.34. The topological polar surface area (TPSA) is 71.5 Å². The van der Waals surface area contributed by atoms with Gasteiger partial charge in [0.2, 0.25) is 5.91 Å². The first-order valence-corrected chi connectivity index (χ1v) is 9.59. The summed E-state index contributed by atoms with van der Waals surface area (Å²) in [7, 11) is 0. The summed E-state index contributed by atoms with van der Waals surface area (Å²) in [6, 6.07) is 7.43. The van der Waals surface area contributed by atoms with Crippen LogP contribution in [-0.4, -0.2) is 47.5 Å². The maximum atomic E-state index is 13.0. The Morgan fingerprint density at radius 3 is 2.81 bits per heavy atom. The van der Waals surface area contributed by atoms with E-state index in [1.54, 1.807) is 11.0 Å². The van der Waals surface area contributed by atoms with Crippen LogP contribution >= 0.6 is 11.3 Å². The molecule has 138 valence electrons. The van der Waals surface area contributed by atoms with Gasteiger partial charge in [-0.3, -0.25) is 9.59 Å². The van der Waals surface area contributed by atoms with Gasteiger partial charge in [0.05, 0.1) is 11.8 Å². The number of aromatic nitrogens is 1. The van der Waals surface area contributed by atoms with Crippen molar-refractivity contribution in [1.82, 2.24) is 9.88 Å². The van der Waals surface area contributed by atoms with Gasteiger partial charge >= 0.3 is 0 Å². The summed E-state index contributed by atoms with van der Waals surface area (Å²) in [5, 5.41) is 5.20. The molecule has 6 nitrogen and oxygen atoms in total. The van der Waals surface area contributed by atoms with Gasteiger partial charge in [0.1, 0.15) is 6.54 Å². The van der Waals surface area contributed by atoms with Crippen LogP contribution in [-0.2, 0) is 9.53 Å². The van der Waals surface area contributed by atoms with Gasteiger partial charge in [-0.1, -0.05) is 18.2 Å². The van der Waals surface area contributed by atoms with Crippen molar-refractivity contribution in [1.29, 1.82) is 0 Å². The smallest absolute Gasteiger partial charge is 0.254 e. The van der Waals surface area contributed by atoms with E-state index < -0.39 is 0 Å². The van der Waals surface area contributed by atoms with E-state index in [0.29, 0.717) is 23.8 Å². The van der Waals surface area contributed by atoms with Crippen molar-refractivity contribution >= 4 is 28.3 Å². The van der Waals surface area contributed by atoms with Crippen LogP contribution in [0, 0.1) is 13.8 Å². The highest BCUT2D eigenvalue weighted by Gasteiger charge is 2.26. The normalized spacial score (nSPS) is 16.5. The molecule has 1 aromatic carbocycles. The Kier molecular flexibility index (Phi) is 6.00. The van der Waals surface area contributed by atoms with Crippen LogP contribution in [0.4, 0.5) is 5.13 Å². The van der Waals surface area contributed by atoms with Crippen LogP contribution < -0.4 is 5.32 Å². The lowest BCUT2D eigenvalue weighted by Gasteiger charge is -2.25. The minimum atomic E-state index is -0.251. The molecule has 0 radical (unpaired) electrons. The Bertz CT molecular complexity index is 784. The number of nitrogens with zero attached hydrogens (tertiary/aromatic N) is 2. The number of ether oxygens (including phenoxy) is 1. The molecule has 1 unspecified atom stereocenters. The predicted molar refractivity (Wildman–Crippen MR) is 102 cm³/mol. The lowest BCUT2D eigenvalue weighted by Crippen LogP contribution is -2.42. The second-order valence-electron chi connectivity index (χ2n) is 6.48. The van der Waals surface area contributed by atoms with Crippen LogP contribution in [0.25, 0.3) is 0 Å². The zero-order valence-corrected chi connectivity index (χ0v) is 15.8. The standard InChI is InChI=1S/C19H23N3O3S/c1-13-6-3-4-8-16(13)18(24)22(10-15-7-5-9-25-15)11-17(23)21-19-20-14(2)12-26-19/h3-4,6,8,12,15H,5,7,9-11H2,1-2H3,(H,20,21,23). The summed E-state index contributed by atoms with van der Waals surface area (Å²) in [4.78, 5) is 31.3. The molecule has 0 bridgehead atoms. The van der Waals surface area contributed by atoms with E-state index in [4.69, 9.17) is 4.74 Å². The molecule has 0 saturated carbocycles. The summed E-state index contributed by atoms with van der Waals surface area (Å²) in [6.45, 7) is 4.87. The van der Waals surface area contributed by atoms with Gasteiger partial charge in [0.25, 0.3) is 5.91 Å². The SMILES string of the molecule is Cc1csc(NC(=O)CN(CC2CCCO2)C(=O)c2ccccc2C)n1. The molecule has 1 fully saturated rings. The highest BCUT2D eigenvalue weighted by molar-refractivity contribution is 7.13. The number of carbonyl (C=O) groups excluding carboxylic acids is 2. The number of thiazole rings is 1. The Hall–Kier alpha value is -2.25. The maximum Gasteiger partial charge on any atom is 0.254 e. The molecule has 2 heterocycles. The molecular formula is C19H23N3O3S. The van der Waals surface area contributed by atoms with E-state index in [2.05, 4.69) is 10.3 Å². The quantitative estimate of drug-likeness (QED) is 0.845. The van der Waals surface area contributed by atoms with Crippen LogP contribution in [0.15, 0.2) is 29.6 Å². The van der Waals surface area contributed by atoms with E-state index in [1.165, 1.54) is 11.3 Å². The van der Waals surface area contributed by atoms with E-state index in [-0.39, 0.29) is 24.5 Å². The fourth-order valence-corrected chi connectivity index (χ4v) is 3.68. The zero-order valence-electron chi connectivity index (χ0n) is 15.0. The molecule has 7 heteroatoms. The number of carbonyl (C=O) groups is 2. The fraction of sp³-hybridized carbons (Fsp3) is 0.421.